The van der Waals surface area contributed by atoms with Gasteiger partial charge < -0.3 is 5.11 Å². The molecule has 1 heterocycles. The average molecular weight is 160 g/mol. The molecule has 1 aromatic heterocycles. The number of rotatable bonds is 2. The molecule has 3 heteroatoms. The third-order valence-corrected chi connectivity index (χ3v) is 1.34. The van der Waals surface area contributed by atoms with E-state index in [9.17, 15) is 0 Å². The van der Waals surface area contributed by atoms with Crippen molar-refractivity contribution in [1.82, 2.24) is 4.98 Å². The van der Waals surface area contributed by atoms with Crippen LogP contribution in [0.25, 0.3) is 6.08 Å². The minimum Gasteiger partial charge on any atom is -0.392 e. The van der Waals surface area contributed by atoms with Gasteiger partial charge in [0, 0.05) is 6.20 Å². The Morgan fingerprint density at radius 1 is 1.67 bits per heavy atom. The summed E-state index contributed by atoms with van der Waals surface area (Å²) < 4.78 is 0. The molecule has 0 fully saturated rings. The molecule has 0 spiro atoms. The molecule has 0 unspecified atom stereocenters. The molecule has 0 amide bonds. The molecule has 60 valence electrons. The van der Waals surface area contributed by atoms with E-state index in [-0.39, 0.29) is 6.61 Å². The van der Waals surface area contributed by atoms with Gasteiger partial charge in [0.25, 0.3) is 0 Å². The number of hydrogen-bond acceptors (Lipinski definition) is 3. The van der Waals surface area contributed by atoms with Crippen LogP contribution in [-0.2, 0) is 0 Å². The molecule has 0 aliphatic carbocycles. The third-order valence-electron chi connectivity index (χ3n) is 1.34. The normalized spacial score (nSPS) is 10.0. The van der Waals surface area contributed by atoms with Crippen molar-refractivity contribution in [3.05, 3.63) is 35.7 Å². The lowest BCUT2D eigenvalue weighted by atomic mass is 10.2. The van der Waals surface area contributed by atoms with E-state index >= 15 is 0 Å². The summed E-state index contributed by atoms with van der Waals surface area (Å²) in [4.78, 5) is 3.97. The van der Waals surface area contributed by atoms with Gasteiger partial charge in [0.1, 0.15) is 6.07 Å². The van der Waals surface area contributed by atoms with Gasteiger partial charge in [0.15, 0.2) is 0 Å². The minimum atomic E-state index is -0.0402. The summed E-state index contributed by atoms with van der Waals surface area (Å²) in [6, 6.07) is 5.40. The van der Waals surface area contributed by atoms with Crippen LogP contribution in [0.3, 0.4) is 0 Å². The summed E-state index contributed by atoms with van der Waals surface area (Å²) >= 11 is 0. The number of hydrogen-bond donors (Lipinski definition) is 1. The molecule has 0 bridgehead atoms. The first-order valence-corrected chi connectivity index (χ1v) is 3.51. The fraction of sp³-hybridized carbons (Fsp3) is 0.111. The summed E-state index contributed by atoms with van der Waals surface area (Å²) in [5, 5.41) is 17.1. The lowest BCUT2D eigenvalue weighted by molar-refractivity contribution is 0.343. The second-order valence-corrected chi connectivity index (χ2v) is 2.13. The van der Waals surface area contributed by atoms with E-state index in [4.69, 9.17) is 10.4 Å². The van der Waals surface area contributed by atoms with Crippen LogP contribution in [-0.4, -0.2) is 16.7 Å². The first-order valence-electron chi connectivity index (χ1n) is 3.51. The number of pyridine rings is 1. The van der Waals surface area contributed by atoms with Crippen molar-refractivity contribution in [3.8, 4) is 6.07 Å². The molecule has 0 aliphatic heterocycles. The van der Waals surface area contributed by atoms with Gasteiger partial charge in [-0.15, -0.1) is 0 Å². The van der Waals surface area contributed by atoms with Crippen molar-refractivity contribution >= 4 is 6.08 Å². The second kappa shape index (κ2) is 4.27. The number of nitrogens with zero attached hydrogens (tertiary/aromatic N) is 2. The topological polar surface area (TPSA) is 56.9 Å². The fourth-order valence-electron chi connectivity index (χ4n) is 0.809. The number of aromatic nitrogens is 1. The summed E-state index contributed by atoms with van der Waals surface area (Å²) in [6.45, 7) is -0.0402. The molecule has 1 aromatic rings. The molecule has 0 aliphatic rings. The van der Waals surface area contributed by atoms with Crippen molar-refractivity contribution in [2.45, 2.75) is 0 Å². The van der Waals surface area contributed by atoms with Gasteiger partial charge in [-0.2, -0.15) is 5.26 Å². The summed E-state index contributed by atoms with van der Waals surface area (Å²) in [5.41, 5.74) is 1.11. The predicted octanol–water partition coefficient (Wildman–Crippen LogP) is 0.959. The summed E-state index contributed by atoms with van der Waals surface area (Å²) in [5.74, 6) is 0. The minimum absolute atomic E-state index is 0.0402. The zero-order valence-electron chi connectivity index (χ0n) is 6.44. The Morgan fingerprint density at radius 2 is 2.50 bits per heavy atom. The van der Waals surface area contributed by atoms with Crippen LogP contribution in [0, 0.1) is 11.3 Å². The molecule has 0 aromatic carbocycles. The number of aliphatic hydroxyl groups is 1. The van der Waals surface area contributed by atoms with Crippen LogP contribution in [0.5, 0.6) is 0 Å². The Morgan fingerprint density at radius 3 is 3.17 bits per heavy atom. The number of nitriles is 1. The first-order chi connectivity index (χ1) is 5.88. The fourth-order valence-corrected chi connectivity index (χ4v) is 0.809. The highest BCUT2D eigenvalue weighted by molar-refractivity contribution is 5.53. The monoisotopic (exact) mass is 160 g/mol. The Kier molecular flexibility index (Phi) is 3.00. The Balaban J connectivity index is 2.99. The van der Waals surface area contributed by atoms with E-state index in [2.05, 4.69) is 4.98 Å². The van der Waals surface area contributed by atoms with Crippen molar-refractivity contribution in [2.75, 3.05) is 6.61 Å². The van der Waals surface area contributed by atoms with Gasteiger partial charge in [0.05, 0.1) is 17.9 Å². The molecule has 0 radical (unpaired) electrons. The van der Waals surface area contributed by atoms with Gasteiger partial charge in [-0.3, -0.25) is 4.98 Å². The number of aliphatic hydroxyl groups excluding tert-OH is 1. The lowest BCUT2D eigenvalue weighted by Gasteiger charge is -1.93. The van der Waals surface area contributed by atoms with E-state index in [1.54, 1.807) is 30.5 Å². The van der Waals surface area contributed by atoms with Gasteiger partial charge >= 0.3 is 0 Å². The van der Waals surface area contributed by atoms with Gasteiger partial charge in [-0.1, -0.05) is 6.08 Å². The summed E-state index contributed by atoms with van der Waals surface area (Å²) in [6.07, 6.45) is 4.78. The van der Waals surface area contributed by atoms with Crippen LogP contribution in [0.15, 0.2) is 24.4 Å². The molecular formula is C9H8N2O. The maximum Gasteiger partial charge on any atom is 0.101 e. The van der Waals surface area contributed by atoms with Crippen molar-refractivity contribution in [1.29, 1.82) is 5.26 Å². The molecular weight excluding hydrogens is 152 g/mol. The van der Waals surface area contributed by atoms with Crippen LogP contribution < -0.4 is 0 Å². The van der Waals surface area contributed by atoms with E-state index in [0.717, 1.165) is 0 Å². The Labute approximate surface area is 70.6 Å². The average Bonchev–Trinajstić information content (AvgIpc) is 2.15. The van der Waals surface area contributed by atoms with E-state index in [0.29, 0.717) is 11.3 Å². The van der Waals surface area contributed by atoms with Crippen LogP contribution in [0.4, 0.5) is 0 Å². The third kappa shape index (κ3) is 1.91. The van der Waals surface area contributed by atoms with Crippen molar-refractivity contribution in [2.24, 2.45) is 0 Å². The molecule has 0 atom stereocenters. The van der Waals surface area contributed by atoms with Crippen LogP contribution in [0.2, 0.25) is 0 Å². The van der Waals surface area contributed by atoms with E-state index in [1.807, 2.05) is 6.07 Å². The highest BCUT2D eigenvalue weighted by atomic mass is 16.2. The largest absolute Gasteiger partial charge is 0.392 e. The maximum absolute atomic E-state index is 8.63. The van der Waals surface area contributed by atoms with Crippen molar-refractivity contribution < 1.29 is 5.11 Å². The Hall–Kier alpha value is -1.66. The molecule has 0 saturated carbocycles. The van der Waals surface area contributed by atoms with Crippen LogP contribution in [0.1, 0.15) is 11.3 Å². The highest BCUT2D eigenvalue weighted by Crippen LogP contribution is 2.04. The quantitative estimate of drug-likeness (QED) is 0.701. The predicted molar refractivity (Wildman–Crippen MR) is 45.1 cm³/mol. The van der Waals surface area contributed by atoms with Gasteiger partial charge in [-0.05, 0) is 18.2 Å². The molecule has 12 heavy (non-hydrogen) atoms. The zero-order chi connectivity index (χ0) is 8.81. The standard InChI is InChI=1S/C9H8N2O/c10-7-8-3-1-5-11-9(8)4-2-6-12/h1-5,12H,6H2. The second-order valence-electron chi connectivity index (χ2n) is 2.13. The van der Waals surface area contributed by atoms with Gasteiger partial charge in [-0.25, -0.2) is 0 Å². The first kappa shape index (κ1) is 8.44. The molecule has 3 nitrogen and oxygen atoms in total. The van der Waals surface area contributed by atoms with E-state index < -0.39 is 0 Å². The zero-order valence-corrected chi connectivity index (χ0v) is 6.44. The highest BCUT2D eigenvalue weighted by Gasteiger charge is 1.95. The molecule has 0 saturated heterocycles. The molecule has 1 N–H and O–H groups in total. The van der Waals surface area contributed by atoms with E-state index in [1.165, 1.54) is 0 Å². The van der Waals surface area contributed by atoms with Crippen molar-refractivity contribution in [3.63, 3.8) is 0 Å². The smallest absolute Gasteiger partial charge is 0.101 e. The molecule has 1 rings (SSSR count). The van der Waals surface area contributed by atoms with Gasteiger partial charge in [0.2, 0.25) is 0 Å². The maximum atomic E-state index is 8.63. The Bertz CT molecular complexity index is 326. The van der Waals surface area contributed by atoms with Crippen LogP contribution >= 0.6 is 0 Å². The lowest BCUT2D eigenvalue weighted by Crippen LogP contribution is -1.85. The summed E-state index contributed by atoms with van der Waals surface area (Å²) in [7, 11) is 0. The SMILES string of the molecule is N#Cc1cccnc1C=CCO.